The molecule has 2 aromatic heterocycles. The first kappa shape index (κ1) is 15.4. The van der Waals surface area contributed by atoms with Crippen LogP contribution in [0, 0.1) is 0 Å². The Labute approximate surface area is 137 Å². The second kappa shape index (κ2) is 7.15. The topological polar surface area (TPSA) is 77.0 Å². The summed E-state index contributed by atoms with van der Waals surface area (Å²) in [5, 5.41) is 10.8. The summed E-state index contributed by atoms with van der Waals surface area (Å²) in [5.41, 5.74) is 0. The van der Waals surface area contributed by atoms with E-state index in [0.717, 1.165) is 30.8 Å². The first-order chi connectivity index (χ1) is 10.8. The van der Waals surface area contributed by atoms with Crippen molar-refractivity contribution in [1.82, 2.24) is 19.8 Å². The fraction of sp³-hybridized carbons (Fsp3) is 0.500. The number of rotatable bonds is 4. The highest BCUT2D eigenvalue weighted by Gasteiger charge is 2.18. The van der Waals surface area contributed by atoms with Crippen LogP contribution in [0.15, 0.2) is 22.7 Å². The normalized spacial score (nSPS) is 15.7. The van der Waals surface area contributed by atoms with Crippen LogP contribution in [-0.2, 0) is 4.79 Å². The summed E-state index contributed by atoms with van der Waals surface area (Å²) in [6.07, 6.45) is 4.65. The van der Waals surface area contributed by atoms with Crippen molar-refractivity contribution in [2.75, 3.05) is 24.7 Å². The first-order valence-electron chi connectivity index (χ1n) is 7.40. The number of hydrogen-bond acceptors (Lipinski definition) is 6. The van der Waals surface area contributed by atoms with Gasteiger partial charge in [0.25, 0.3) is 0 Å². The van der Waals surface area contributed by atoms with Gasteiger partial charge < -0.3 is 10.7 Å². The van der Waals surface area contributed by atoms with Crippen LogP contribution in [-0.4, -0.2) is 44.5 Å². The monoisotopic (exact) mass is 337 g/mol. The molecule has 22 heavy (non-hydrogen) atoms. The van der Waals surface area contributed by atoms with Crippen molar-refractivity contribution in [2.45, 2.75) is 30.8 Å². The van der Waals surface area contributed by atoms with Crippen molar-refractivity contribution >= 4 is 29.0 Å². The number of thioether (sulfide) groups is 1. The van der Waals surface area contributed by atoms with Gasteiger partial charge in [0.05, 0.1) is 10.6 Å². The summed E-state index contributed by atoms with van der Waals surface area (Å²) in [4.78, 5) is 15.2. The third kappa shape index (κ3) is 3.44. The number of amides is 1. The van der Waals surface area contributed by atoms with Gasteiger partial charge in [-0.3, -0.25) is 4.79 Å². The number of aromatic nitrogens is 3. The van der Waals surface area contributed by atoms with Crippen LogP contribution >= 0.6 is 23.1 Å². The number of thiophene rings is 1. The molecule has 0 unspecified atom stereocenters. The van der Waals surface area contributed by atoms with Crippen molar-refractivity contribution in [3.8, 4) is 10.7 Å². The molecule has 0 bridgehead atoms. The predicted octanol–water partition coefficient (Wildman–Crippen LogP) is 2.22. The van der Waals surface area contributed by atoms with Crippen LogP contribution in [0.5, 0.6) is 0 Å². The van der Waals surface area contributed by atoms with Gasteiger partial charge in [-0.25, -0.2) is 4.68 Å². The number of likely N-dealkylation sites (tertiary alicyclic amines) is 1. The van der Waals surface area contributed by atoms with Gasteiger partial charge >= 0.3 is 0 Å². The van der Waals surface area contributed by atoms with Gasteiger partial charge in [-0.05, 0) is 24.3 Å². The van der Waals surface area contributed by atoms with E-state index in [2.05, 4.69) is 10.2 Å². The number of carbonyl (C=O) groups excluding carboxylic acids is 1. The van der Waals surface area contributed by atoms with E-state index < -0.39 is 0 Å². The number of nitrogen functional groups attached to an aromatic ring is 1. The van der Waals surface area contributed by atoms with E-state index in [1.54, 1.807) is 11.3 Å². The highest BCUT2D eigenvalue weighted by atomic mass is 32.2. The smallest absolute Gasteiger partial charge is 0.233 e. The maximum Gasteiger partial charge on any atom is 0.233 e. The summed E-state index contributed by atoms with van der Waals surface area (Å²) < 4.78 is 1.46. The molecule has 8 heteroatoms. The summed E-state index contributed by atoms with van der Waals surface area (Å²) in [5.74, 6) is 7.20. The molecule has 0 spiro atoms. The lowest BCUT2D eigenvalue weighted by Gasteiger charge is -2.19. The molecule has 1 aliphatic rings. The number of nitrogens with two attached hydrogens (primary N) is 1. The fourth-order valence-electron chi connectivity index (χ4n) is 2.49. The Morgan fingerprint density at radius 2 is 2.05 bits per heavy atom. The molecule has 0 atom stereocenters. The van der Waals surface area contributed by atoms with Crippen molar-refractivity contribution in [3.63, 3.8) is 0 Å². The highest BCUT2D eigenvalue weighted by Crippen LogP contribution is 2.25. The Hall–Kier alpha value is -1.54. The van der Waals surface area contributed by atoms with Gasteiger partial charge in [-0.2, -0.15) is 0 Å². The van der Waals surface area contributed by atoms with Crippen molar-refractivity contribution in [2.24, 2.45) is 0 Å². The lowest BCUT2D eigenvalue weighted by Crippen LogP contribution is -2.33. The zero-order valence-electron chi connectivity index (χ0n) is 12.3. The maximum atomic E-state index is 12.3. The molecule has 0 aliphatic carbocycles. The predicted molar refractivity (Wildman–Crippen MR) is 89.3 cm³/mol. The third-order valence-electron chi connectivity index (χ3n) is 3.69. The minimum Gasteiger partial charge on any atom is -0.342 e. The molecule has 1 aliphatic heterocycles. The molecule has 1 saturated heterocycles. The van der Waals surface area contributed by atoms with Crippen molar-refractivity contribution in [1.29, 1.82) is 0 Å². The van der Waals surface area contributed by atoms with E-state index >= 15 is 0 Å². The third-order valence-corrected chi connectivity index (χ3v) is 5.48. The second-order valence-electron chi connectivity index (χ2n) is 5.24. The van der Waals surface area contributed by atoms with Gasteiger partial charge in [-0.1, -0.05) is 30.7 Å². The van der Waals surface area contributed by atoms with Crippen molar-refractivity contribution < 1.29 is 4.79 Å². The Balaban J connectivity index is 1.60. The molecule has 0 aromatic carbocycles. The van der Waals surface area contributed by atoms with Gasteiger partial charge in [0, 0.05) is 13.1 Å². The van der Waals surface area contributed by atoms with Crippen LogP contribution in [0.1, 0.15) is 25.7 Å². The second-order valence-corrected chi connectivity index (χ2v) is 7.13. The SMILES string of the molecule is Nn1c(SCC(=O)N2CCCCCC2)nnc1-c1cccs1. The fourth-order valence-corrected chi connectivity index (χ4v) is 3.95. The van der Waals surface area contributed by atoms with Gasteiger partial charge in [0.2, 0.25) is 11.1 Å². The van der Waals surface area contributed by atoms with E-state index in [9.17, 15) is 4.79 Å². The zero-order valence-corrected chi connectivity index (χ0v) is 13.9. The summed E-state index contributed by atoms with van der Waals surface area (Å²) in [7, 11) is 0. The lowest BCUT2D eigenvalue weighted by molar-refractivity contribution is -0.128. The largest absolute Gasteiger partial charge is 0.342 e. The molecule has 6 nitrogen and oxygen atoms in total. The van der Waals surface area contributed by atoms with Crippen LogP contribution < -0.4 is 5.84 Å². The van der Waals surface area contributed by atoms with E-state index in [4.69, 9.17) is 5.84 Å². The molecule has 2 aromatic rings. The van der Waals surface area contributed by atoms with Gasteiger partial charge in [-0.15, -0.1) is 21.5 Å². The number of nitrogens with zero attached hydrogens (tertiary/aromatic N) is 4. The Morgan fingerprint density at radius 1 is 1.27 bits per heavy atom. The average Bonchev–Trinajstić information content (AvgIpc) is 3.07. The van der Waals surface area contributed by atoms with Crippen LogP contribution in [0.4, 0.5) is 0 Å². The molecule has 2 N–H and O–H groups in total. The van der Waals surface area contributed by atoms with Gasteiger partial charge in [0.15, 0.2) is 5.82 Å². The Bertz CT molecular complexity index is 617. The molecule has 0 radical (unpaired) electrons. The Morgan fingerprint density at radius 3 is 2.73 bits per heavy atom. The summed E-state index contributed by atoms with van der Waals surface area (Å²) in [6, 6.07) is 3.90. The first-order valence-corrected chi connectivity index (χ1v) is 9.27. The molecule has 1 fully saturated rings. The Kier molecular flexibility index (Phi) is 4.99. The molecule has 3 rings (SSSR count). The summed E-state index contributed by atoms with van der Waals surface area (Å²) in [6.45, 7) is 1.74. The standard InChI is InChI=1S/C14H19N5OS2/c15-19-13(11-6-5-9-21-11)16-17-14(19)22-10-12(20)18-7-3-1-2-4-8-18/h5-6,9H,1-4,7-8,10,15H2. The maximum absolute atomic E-state index is 12.3. The number of carbonyl (C=O) groups is 1. The highest BCUT2D eigenvalue weighted by molar-refractivity contribution is 7.99. The van der Waals surface area contributed by atoms with E-state index in [0.29, 0.717) is 16.7 Å². The summed E-state index contributed by atoms with van der Waals surface area (Å²) >= 11 is 2.92. The van der Waals surface area contributed by atoms with Crippen molar-refractivity contribution in [3.05, 3.63) is 17.5 Å². The average molecular weight is 337 g/mol. The number of hydrogen-bond donors (Lipinski definition) is 1. The van der Waals surface area contributed by atoms with Crippen LogP contribution in [0.3, 0.4) is 0 Å². The van der Waals surface area contributed by atoms with Crippen LogP contribution in [0.25, 0.3) is 10.7 Å². The molecule has 1 amide bonds. The van der Waals surface area contributed by atoms with Gasteiger partial charge in [0.1, 0.15) is 0 Å². The quantitative estimate of drug-likeness (QED) is 0.684. The van der Waals surface area contributed by atoms with E-state index in [1.807, 2.05) is 22.4 Å². The molecule has 0 saturated carbocycles. The molecular weight excluding hydrogens is 318 g/mol. The van der Waals surface area contributed by atoms with Crippen LogP contribution in [0.2, 0.25) is 0 Å². The van der Waals surface area contributed by atoms with E-state index in [-0.39, 0.29) is 5.91 Å². The minimum absolute atomic E-state index is 0.160. The molecule has 118 valence electrons. The molecule has 3 heterocycles. The zero-order chi connectivity index (χ0) is 15.4. The minimum atomic E-state index is 0.160. The molecular formula is C14H19N5OS2. The lowest BCUT2D eigenvalue weighted by atomic mass is 10.2. The van der Waals surface area contributed by atoms with E-state index in [1.165, 1.54) is 29.3 Å².